The van der Waals surface area contributed by atoms with E-state index >= 15 is 0 Å². The highest BCUT2D eigenvalue weighted by Crippen LogP contribution is 2.29. The summed E-state index contributed by atoms with van der Waals surface area (Å²) in [6.07, 6.45) is 0. The summed E-state index contributed by atoms with van der Waals surface area (Å²) in [4.78, 5) is 0. The second-order valence-corrected chi connectivity index (χ2v) is 2.57. The van der Waals surface area contributed by atoms with Gasteiger partial charge in [-0.05, 0) is 0 Å². The largest absolute Gasteiger partial charge is 0.494 e. The lowest BCUT2D eigenvalue weighted by molar-refractivity contribution is 0.0508. The maximum atomic E-state index is 13.1. The monoisotopic (exact) mass is 201 g/mol. The first-order chi connectivity index (χ1) is 6.69. The van der Waals surface area contributed by atoms with Gasteiger partial charge in [-0.2, -0.15) is 0 Å². The van der Waals surface area contributed by atoms with Gasteiger partial charge in [-0.3, -0.25) is 0 Å². The van der Waals surface area contributed by atoms with E-state index in [4.69, 9.17) is 15.2 Å². The zero-order valence-electron chi connectivity index (χ0n) is 8.04. The van der Waals surface area contributed by atoms with Crippen LogP contribution in [0.4, 0.5) is 10.1 Å². The fourth-order valence-electron chi connectivity index (χ4n) is 0.948. The molecule has 0 aromatic heterocycles. The van der Waals surface area contributed by atoms with Crippen LogP contribution in [-0.2, 0) is 4.74 Å². The molecule has 78 valence electrons. The van der Waals surface area contributed by atoms with Crippen LogP contribution in [0.2, 0.25) is 0 Å². The van der Waals surface area contributed by atoms with E-state index in [1.165, 1.54) is 26.4 Å². The molecule has 0 fully saturated rings. The van der Waals surface area contributed by atoms with Crippen molar-refractivity contribution in [2.45, 2.75) is 0 Å². The van der Waals surface area contributed by atoms with Crippen molar-refractivity contribution in [3.8, 4) is 11.5 Å². The summed E-state index contributed by atoms with van der Waals surface area (Å²) in [5.41, 5.74) is 5.37. The highest BCUT2D eigenvalue weighted by Gasteiger charge is 2.08. The third-order valence-corrected chi connectivity index (χ3v) is 1.63. The quantitative estimate of drug-likeness (QED) is 0.591. The number of anilines is 1. The molecule has 0 radical (unpaired) electrons. The Balaban J connectivity index is 2.91. The third-order valence-electron chi connectivity index (χ3n) is 1.63. The molecule has 0 unspecified atom stereocenters. The summed E-state index contributed by atoms with van der Waals surface area (Å²) >= 11 is 0. The van der Waals surface area contributed by atoms with E-state index < -0.39 is 5.82 Å². The van der Waals surface area contributed by atoms with E-state index in [1.807, 2.05) is 0 Å². The zero-order valence-corrected chi connectivity index (χ0v) is 8.04. The lowest BCUT2D eigenvalue weighted by atomic mass is 10.2. The Labute approximate surface area is 81.4 Å². The van der Waals surface area contributed by atoms with Gasteiger partial charge in [-0.1, -0.05) is 0 Å². The molecule has 0 spiro atoms. The Morgan fingerprint density at radius 2 is 2.07 bits per heavy atom. The first kappa shape index (κ1) is 10.6. The molecule has 0 saturated carbocycles. The number of nitrogens with two attached hydrogens (primary N) is 1. The number of hydrogen-bond donors (Lipinski definition) is 1. The molecule has 1 aromatic carbocycles. The van der Waals surface area contributed by atoms with Crippen LogP contribution in [-0.4, -0.2) is 21.0 Å². The van der Waals surface area contributed by atoms with Crippen LogP contribution in [0.25, 0.3) is 0 Å². The van der Waals surface area contributed by atoms with Gasteiger partial charge < -0.3 is 19.9 Å². The molecule has 0 aliphatic carbocycles. The molecule has 1 rings (SSSR count). The molecular formula is C9H12FNO3. The van der Waals surface area contributed by atoms with E-state index in [2.05, 4.69) is 4.74 Å². The Morgan fingerprint density at radius 3 is 2.64 bits per heavy atom. The Bertz CT molecular complexity index is 317. The summed E-state index contributed by atoms with van der Waals surface area (Å²) in [7, 11) is 2.89. The molecule has 0 saturated heterocycles. The predicted molar refractivity (Wildman–Crippen MR) is 49.9 cm³/mol. The molecule has 5 heteroatoms. The van der Waals surface area contributed by atoms with Gasteiger partial charge in [-0.25, -0.2) is 4.39 Å². The molecule has 0 aliphatic rings. The van der Waals surface area contributed by atoms with Crippen LogP contribution in [0, 0.1) is 5.82 Å². The number of halogens is 1. The lowest BCUT2D eigenvalue weighted by Crippen LogP contribution is -2.01. The first-order valence-corrected chi connectivity index (χ1v) is 3.93. The van der Waals surface area contributed by atoms with Gasteiger partial charge in [0.2, 0.25) is 0 Å². The van der Waals surface area contributed by atoms with Gasteiger partial charge in [0.15, 0.2) is 12.6 Å². The summed E-state index contributed by atoms with van der Waals surface area (Å²) in [5.74, 6) is -0.0121. The molecule has 0 bridgehead atoms. The standard InChI is InChI=1S/C9H12FNO3/c1-12-5-14-6-3-7(10)9(11)8(4-6)13-2/h3-4H,5,11H2,1-2H3. The fourth-order valence-corrected chi connectivity index (χ4v) is 0.948. The third kappa shape index (κ3) is 2.26. The zero-order chi connectivity index (χ0) is 10.6. The topological polar surface area (TPSA) is 53.7 Å². The molecule has 2 N–H and O–H groups in total. The van der Waals surface area contributed by atoms with Crippen molar-refractivity contribution in [2.24, 2.45) is 0 Å². The summed E-state index contributed by atoms with van der Waals surface area (Å²) < 4.78 is 27.7. The predicted octanol–water partition coefficient (Wildman–Crippen LogP) is 1.40. The van der Waals surface area contributed by atoms with E-state index in [9.17, 15) is 4.39 Å². The molecule has 4 nitrogen and oxygen atoms in total. The maximum absolute atomic E-state index is 13.1. The first-order valence-electron chi connectivity index (χ1n) is 3.93. The van der Waals surface area contributed by atoms with Crippen LogP contribution >= 0.6 is 0 Å². The van der Waals surface area contributed by atoms with Crippen molar-refractivity contribution < 1.29 is 18.6 Å². The van der Waals surface area contributed by atoms with Gasteiger partial charge in [0.05, 0.1) is 7.11 Å². The van der Waals surface area contributed by atoms with E-state index in [1.54, 1.807) is 0 Å². The Kier molecular flexibility index (Phi) is 3.53. The molecule has 0 atom stereocenters. The lowest BCUT2D eigenvalue weighted by Gasteiger charge is -2.09. The van der Waals surface area contributed by atoms with Crippen LogP contribution in [0.15, 0.2) is 12.1 Å². The van der Waals surface area contributed by atoms with Crippen molar-refractivity contribution in [3.63, 3.8) is 0 Å². The highest BCUT2D eigenvalue weighted by molar-refractivity contribution is 5.56. The maximum Gasteiger partial charge on any atom is 0.188 e. The van der Waals surface area contributed by atoms with Crippen molar-refractivity contribution in [3.05, 3.63) is 17.9 Å². The van der Waals surface area contributed by atoms with Crippen LogP contribution < -0.4 is 15.2 Å². The molecular weight excluding hydrogens is 189 g/mol. The average Bonchev–Trinajstić information content (AvgIpc) is 2.19. The van der Waals surface area contributed by atoms with E-state index in [0.717, 1.165) is 0 Å². The molecule has 0 amide bonds. The van der Waals surface area contributed by atoms with Crippen molar-refractivity contribution in [2.75, 3.05) is 26.7 Å². The molecule has 0 heterocycles. The van der Waals surface area contributed by atoms with Crippen LogP contribution in [0.3, 0.4) is 0 Å². The van der Waals surface area contributed by atoms with Crippen molar-refractivity contribution >= 4 is 5.69 Å². The van der Waals surface area contributed by atoms with Gasteiger partial charge in [0, 0.05) is 19.2 Å². The SMILES string of the molecule is COCOc1cc(F)c(N)c(OC)c1. The fraction of sp³-hybridized carbons (Fsp3) is 0.333. The summed E-state index contributed by atoms with van der Waals surface area (Å²) in [5, 5.41) is 0. The molecule has 1 aromatic rings. The molecule has 14 heavy (non-hydrogen) atoms. The minimum absolute atomic E-state index is 0.0303. The Hall–Kier alpha value is -1.49. The smallest absolute Gasteiger partial charge is 0.188 e. The highest BCUT2D eigenvalue weighted by atomic mass is 19.1. The summed E-state index contributed by atoms with van der Waals surface area (Å²) in [6.45, 7) is 0.0481. The van der Waals surface area contributed by atoms with E-state index in [-0.39, 0.29) is 18.2 Å². The second-order valence-electron chi connectivity index (χ2n) is 2.57. The number of nitrogen functional groups attached to an aromatic ring is 1. The second kappa shape index (κ2) is 4.66. The summed E-state index contributed by atoms with van der Waals surface area (Å²) in [6, 6.07) is 2.67. The number of ether oxygens (including phenoxy) is 3. The van der Waals surface area contributed by atoms with Crippen molar-refractivity contribution in [1.29, 1.82) is 0 Å². The van der Waals surface area contributed by atoms with Crippen molar-refractivity contribution in [1.82, 2.24) is 0 Å². The number of hydrogen-bond acceptors (Lipinski definition) is 4. The van der Waals surface area contributed by atoms with Gasteiger partial charge >= 0.3 is 0 Å². The van der Waals surface area contributed by atoms with Crippen LogP contribution in [0.1, 0.15) is 0 Å². The van der Waals surface area contributed by atoms with Crippen LogP contribution in [0.5, 0.6) is 11.5 Å². The van der Waals surface area contributed by atoms with Gasteiger partial charge in [0.25, 0.3) is 0 Å². The minimum Gasteiger partial charge on any atom is -0.494 e. The normalized spacial score (nSPS) is 9.93. The number of rotatable bonds is 4. The number of benzene rings is 1. The Morgan fingerprint density at radius 1 is 1.36 bits per heavy atom. The van der Waals surface area contributed by atoms with Gasteiger partial charge in [-0.15, -0.1) is 0 Å². The number of methoxy groups -OCH3 is 2. The van der Waals surface area contributed by atoms with E-state index in [0.29, 0.717) is 5.75 Å². The average molecular weight is 201 g/mol. The minimum atomic E-state index is -0.574. The van der Waals surface area contributed by atoms with Gasteiger partial charge in [0.1, 0.15) is 17.2 Å². The molecule has 0 aliphatic heterocycles.